The van der Waals surface area contributed by atoms with Crippen LogP contribution in [-0.4, -0.2) is 32.7 Å². The SMILES string of the molecule is COc1cccc(C/C(C(=O)c2ccccc2)=C(\C(=O)O)c2ccc3nsnc3c2)c1. The molecule has 154 valence electrons. The van der Waals surface area contributed by atoms with Gasteiger partial charge >= 0.3 is 5.97 Å². The van der Waals surface area contributed by atoms with Gasteiger partial charge in [-0.1, -0.05) is 48.5 Å². The Bertz CT molecular complexity index is 1300. The first kappa shape index (κ1) is 20.4. The number of carboxylic acids is 1. The minimum Gasteiger partial charge on any atom is -0.497 e. The fourth-order valence-electron chi connectivity index (χ4n) is 3.40. The van der Waals surface area contributed by atoms with E-state index in [4.69, 9.17) is 4.74 Å². The topological polar surface area (TPSA) is 89.4 Å². The van der Waals surface area contributed by atoms with Crippen LogP contribution < -0.4 is 4.74 Å². The van der Waals surface area contributed by atoms with Crippen molar-refractivity contribution in [1.82, 2.24) is 8.75 Å². The molecule has 3 aromatic carbocycles. The molecule has 0 unspecified atom stereocenters. The van der Waals surface area contributed by atoms with Crippen LogP contribution in [0.4, 0.5) is 0 Å². The minimum absolute atomic E-state index is 0.0495. The molecule has 0 aliphatic carbocycles. The molecular weight excluding hydrogens is 412 g/mol. The van der Waals surface area contributed by atoms with Gasteiger partial charge in [0, 0.05) is 17.6 Å². The van der Waals surface area contributed by atoms with E-state index in [1.807, 2.05) is 18.2 Å². The molecule has 1 N–H and O–H groups in total. The number of carbonyl (C=O) groups is 2. The summed E-state index contributed by atoms with van der Waals surface area (Å²) in [5.74, 6) is -0.877. The third-order valence-electron chi connectivity index (χ3n) is 4.88. The predicted molar refractivity (Wildman–Crippen MR) is 119 cm³/mol. The molecule has 1 heterocycles. The maximum absolute atomic E-state index is 13.5. The van der Waals surface area contributed by atoms with Gasteiger partial charge in [-0.2, -0.15) is 8.75 Å². The predicted octanol–water partition coefficient (Wildman–Crippen LogP) is 4.66. The Hall–Kier alpha value is -3.84. The third-order valence-corrected chi connectivity index (χ3v) is 5.44. The van der Waals surface area contributed by atoms with Gasteiger partial charge in [-0.05, 0) is 35.4 Å². The number of hydrogen-bond donors (Lipinski definition) is 1. The molecule has 0 amide bonds. The molecule has 4 aromatic rings. The number of carboxylic acid groups (broad SMARTS) is 1. The molecule has 0 radical (unpaired) electrons. The smallest absolute Gasteiger partial charge is 0.336 e. The Morgan fingerprint density at radius 1 is 0.903 bits per heavy atom. The van der Waals surface area contributed by atoms with Crippen molar-refractivity contribution < 1.29 is 19.4 Å². The van der Waals surface area contributed by atoms with Gasteiger partial charge in [0.05, 0.1) is 24.4 Å². The van der Waals surface area contributed by atoms with Crippen LogP contribution in [0.2, 0.25) is 0 Å². The molecule has 0 aliphatic rings. The first-order valence-electron chi connectivity index (χ1n) is 9.48. The van der Waals surface area contributed by atoms with Crippen LogP contribution >= 0.6 is 11.7 Å². The van der Waals surface area contributed by atoms with Gasteiger partial charge in [-0.3, -0.25) is 4.79 Å². The highest BCUT2D eigenvalue weighted by molar-refractivity contribution is 7.00. The van der Waals surface area contributed by atoms with Gasteiger partial charge in [0.1, 0.15) is 16.8 Å². The largest absolute Gasteiger partial charge is 0.497 e. The fraction of sp³-hybridized carbons (Fsp3) is 0.0833. The van der Waals surface area contributed by atoms with Gasteiger partial charge in [-0.15, -0.1) is 0 Å². The van der Waals surface area contributed by atoms with E-state index in [9.17, 15) is 14.7 Å². The lowest BCUT2D eigenvalue weighted by Gasteiger charge is -2.13. The number of allylic oxidation sites excluding steroid dienone is 1. The zero-order valence-electron chi connectivity index (χ0n) is 16.6. The maximum atomic E-state index is 13.5. The second-order valence-electron chi connectivity index (χ2n) is 6.85. The number of fused-ring (bicyclic) bond motifs is 1. The summed E-state index contributed by atoms with van der Waals surface area (Å²) in [5, 5.41) is 10.1. The van der Waals surface area contributed by atoms with E-state index in [1.54, 1.807) is 61.7 Å². The molecular formula is C24H18N2O4S. The van der Waals surface area contributed by atoms with Crippen molar-refractivity contribution in [3.8, 4) is 5.75 Å². The van der Waals surface area contributed by atoms with Crippen LogP contribution in [0.3, 0.4) is 0 Å². The number of Topliss-reactive ketones (excluding diaryl/α,β-unsaturated/α-hetero) is 1. The summed E-state index contributed by atoms with van der Waals surface area (Å²) in [7, 11) is 1.56. The molecule has 7 heteroatoms. The number of benzene rings is 3. The van der Waals surface area contributed by atoms with Crippen molar-refractivity contribution in [2.75, 3.05) is 7.11 Å². The van der Waals surface area contributed by atoms with Gasteiger partial charge in [-0.25, -0.2) is 4.79 Å². The van der Waals surface area contributed by atoms with Crippen LogP contribution in [0.5, 0.6) is 5.75 Å². The van der Waals surface area contributed by atoms with Crippen LogP contribution in [0.25, 0.3) is 16.6 Å². The van der Waals surface area contributed by atoms with Gasteiger partial charge in [0.2, 0.25) is 0 Å². The number of carbonyl (C=O) groups excluding carboxylic acids is 1. The highest BCUT2D eigenvalue weighted by Crippen LogP contribution is 2.28. The number of nitrogens with zero attached hydrogens (tertiary/aromatic N) is 2. The molecule has 0 atom stereocenters. The summed E-state index contributed by atoms with van der Waals surface area (Å²) < 4.78 is 13.7. The summed E-state index contributed by atoms with van der Waals surface area (Å²) in [6.07, 6.45) is 0.139. The molecule has 0 bridgehead atoms. The average molecular weight is 430 g/mol. The average Bonchev–Trinajstić information content (AvgIpc) is 3.27. The molecule has 6 nitrogen and oxygen atoms in total. The summed E-state index contributed by atoms with van der Waals surface area (Å²) in [6.45, 7) is 0. The Balaban J connectivity index is 1.91. The van der Waals surface area contributed by atoms with E-state index in [2.05, 4.69) is 8.75 Å². The summed E-state index contributed by atoms with van der Waals surface area (Å²) in [5.41, 5.74) is 3.02. The number of aliphatic carboxylic acids is 1. The van der Waals surface area contributed by atoms with Crippen molar-refractivity contribution in [3.05, 3.63) is 95.1 Å². The summed E-state index contributed by atoms with van der Waals surface area (Å²) >= 11 is 1.06. The van der Waals surface area contributed by atoms with Crippen molar-refractivity contribution in [2.45, 2.75) is 6.42 Å². The minimum atomic E-state index is -1.18. The van der Waals surface area contributed by atoms with Crippen LogP contribution in [0, 0.1) is 0 Å². The Morgan fingerprint density at radius 2 is 1.68 bits per heavy atom. The summed E-state index contributed by atoms with van der Waals surface area (Å²) in [4.78, 5) is 25.9. The Labute approximate surface area is 182 Å². The molecule has 0 saturated carbocycles. The highest BCUT2D eigenvalue weighted by Gasteiger charge is 2.24. The number of rotatable bonds is 7. The number of hydrogen-bond acceptors (Lipinski definition) is 6. The number of aromatic nitrogens is 2. The lowest BCUT2D eigenvalue weighted by molar-refractivity contribution is -0.130. The lowest BCUT2D eigenvalue weighted by atomic mass is 9.89. The van der Waals surface area contributed by atoms with Crippen LogP contribution in [0.1, 0.15) is 21.5 Å². The number of ether oxygens (including phenoxy) is 1. The Kier molecular flexibility index (Phi) is 5.86. The fourth-order valence-corrected chi connectivity index (χ4v) is 3.91. The van der Waals surface area contributed by atoms with Gasteiger partial charge in [0.15, 0.2) is 5.78 Å². The molecule has 31 heavy (non-hydrogen) atoms. The molecule has 0 saturated heterocycles. The van der Waals surface area contributed by atoms with Crippen molar-refractivity contribution in [1.29, 1.82) is 0 Å². The van der Waals surface area contributed by atoms with Crippen molar-refractivity contribution >= 4 is 40.1 Å². The Morgan fingerprint density at radius 3 is 2.42 bits per heavy atom. The van der Waals surface area contributed by atoms with E-state index in [0.29, 0.717) is 27.9 Å². The van der Waals surface area contributed by atoms with Crippen LogP contribution in [-0.2, 0) is 11.2 Å². The quantitative estimate of drug-likeness (QED) is 0.339. The van der Waals surface area contributed by atoms with E-state index >= 15 is 0 Å². The van der Waals surface area contributed by atoms with E-state index in [0.717, 1.165) is 17.3 Å². The molecule has 0 aliphatic heterocycles. The maximum Gasteiger partial charge on any atom is 0.336 e. The molecule has 4 rings (SSSR count). The first-order chi connectivity index (χ1) is 15.1. The summed E-state index contributed by atoms with van der Waals surface area (Å²) in [6, 6.07) is 21.0. The highest BCUT2D eigenvalue weighted by atomic mass is 32.1. The second-order valence-corrected chi connectivity index (χ2v) is 7.38. The van der Waals surface area contributed by atoms with E-state index in [-0.39, 0.29) is 23.4 Å². The van der Waals surface area contributed by atoms with Crippen molar-refractivity contribution in [2.24, 2.45) is 0 Å². The zero-order chi connectivity index (χ0) is 21.8. The number of methoxy groups -OCH3 is 1. The monoisotopic (exact) mass is 430 g/mol. The van der Waals surface area contributed by atoms with E-state index < -0.39 is 5.97 Å². The third kappa shape index (κ3) is 4.36. The molecule has 0 fully saturated rings. The van der Waals surface area contributed by atoms with Crippen molar-refractivity contribution in [3.63, 3.8) is 0 Å². The first-order valence-corrected chi connectivity index (χ1v) is 10.2. The van der Waals surface area contributed by atoms with Gasteiger partial charge < -0.3 is 9.84 Å². The standard InChI is InChI=1S/C24H18N2O4S/c1-30-18-9-5-6-15(12-18)13-19(23(27)16-7-3-2-4-8-16)22(24(28)29)17-10-11-20-21(14-17)26-31-25-20/h2-12,14H,13H2,1H3,(H,28,29)/b22-19+. The number of ketones is 1. The molecule has 0 spiro atoms. The second kappa shape index (κ2) is 8.89. The zero-order valence-corrected chi connectivity index (χ0v) is 17.4. The molecule has 1 aromatic heterocycles. The lowest BCUT2D eigenvalue weighted by Crippen LogP contribution is -2.14. The van der Waals surface area contributed by atoms with E-state index in [1.165, 1.54) is 0 Å². The normalized spacial score (nSPS) is 11.8. The van der Waals surface area contributed by atoms with Gasteiger partial charge in [0.25, 0.3) is 0 Å². The van der Waals surface area contributed by atoms with Crippen LogP contribution in [0.15, 0.2) is 78.4 Å².